The molecule has 0 aliphatic heterocycles. The standard InChI is InChI=1S/C14H22.C12H16.C8H11N.C3H6O.C3H6.C2H6/c1-4-6-9-13(5-2)14-10-7-8-12(3)11-14;1-10-6-2-5-9-12(10)11-7-3-4-8-11;1-6(2)8-4-5-9-7(8)3;1-3(2)4;1-3-2;1-2/h7-8,10-11,13H,4-6,9H2,1-3H3;2,5-6,9,11H,3-4,7-8H2,1H3;4-5,9H,1H2,2-3H3;1-2H3;3H,1H2,2H3;1-2H3. The predicted molar refractivity (Wildman–Crippen MR) is 200 cm³/mol. The van der Waals surface area contributed by atoms with E-state index in [1.54, 1.807) is 11.6 Å². The molecule has 1 saturated carbocycles. The second-order valence-corrected chi connectivity index (χ2v) is 11.6. The maximum atomic E-state index is 9.44. The van der Waals surface area contributed by atoms with E-state index < -0.39 is 0 Å². The lowest BCUT2D eigenvalue weighted by molar-refractivity contribution is -0.115. The maximum absolute atomic E-state index is 9.44. The van der Waals surface area contributed by atoms with Gasteiger partial charge in [-0.25, -0.2) is 0 Å². The molecule has 0 amide bonds. The van der Waals surface area contributed by atoms with E-state index in [0.717, 1.165) is 17.4 Å². The van der Waals surface area contributed by atoms with Crippen molar-refractivity contribution in [1.82, 2.24) is 4.98 Å². The van der Waals surface area contributed by atoms with Crippen LogP contribution in [-0.4, -0.2) is 10.8 Å². The first-order chi connectivity index (χ1) is 21.0. The normalized spacial score (nSPS) is 12.1. The summed E-state index contributed by atoms with van der Waals surface area (Å²) >= 11 is 0. The molecule has 246 valence electrons. The maximum Gasteiger partial charge on any atom is 0.126 e. The highest BCUT2D eigenvalue weighted by molar-refractivity contribution is 5.72. The molecule has 1 aliphatic rings. The summed E-state index contributed by atoms with van der Waals surface area (Å²) in [6, 6.07) is 19.8. The molecule has 2 aromatic carbocycles. The van der Waals surface area contributed by atoms with Crippen molar-refractivity contribution in [3.8, 4) is 0 Å². The van der Waals surface area contributed by atoms with Crippen LogP contribution in [0.25, 0.3) is 5.57 Å². The molecule has 1 aliphatic carbocycles. The molecule has 1 fully saturated rings. The minimum Gasteiger partial charge on any atom is -0.365 e. The van der Waals surface area contributed by atoms with Crippen molar-refractivity contribution in [2.45, 2.75) is 139 Å². The van der Waals surface area contributed by atoms with Crippen LogP contribution in [0.2, 0.25) is 0 Å². The molecule has 0 bridgehead atoms. The Morgan fingerprint density at radius 3 is 1.93 bits per heavy atom. The summed E-state index contributed by atoms with van der Waals surface area (Å²) in [5, 5.41) is 0. The second kappa shape index (κ2) is 27.4. The molecule has 1 atom stereocenters. The molecular formula is C42H67NO. The number of H-pyrrole nitrogens is 1. The number of unbranched alkanes of at least 4 members (excludes halogenated alkanes) is 1. The van der Waals surface area contributed by atoms with E-state index in [2.05, 4.69) is 94.4 Å². The molecule has 1 aromatic heterocycles. The molecule has 2 heteroatoms. The van der Waals surface area contributed by atoms with Gasteiger partial charge in [0.2, 0.25) is 0 Å². The number of carbonyl (C=O) groups excluding carboxylic acids is 1. The Hall–Kier alpha value is -3.13. The Kier molecular flexibility index (Phi) is 26.8. The summed E-state index contributed by atoms with van der Waals surface area (Å²) in [4.78, 5) is 12.5. The number of Topliss-reactive ketones (excluding diaryl/α,β-unsaturated/α-hetero) is 1. The lowest BCUT2D eigenvalue weighted by atomic mass is 9.90. The van der Waals surface area contributed by atoms with Gasteiger partial charge in [-0.2, -0.15) is 0 Å². The molecule has 1 unspecified atom stereocenters. The summed E-state index contributed by atoms with van der Waals surface area (Å²) in [7, 11) is 0. The van der Waals surface area contributed by atoms with Crippen molar-refractivity contribution >= 4 is 11.4 Å². The van der Waals surface area contributed by atoms with Crippen molar-refractivity contribution in [2.75, 3.05) is 0 Å². The summed E-state index contributed by atoms with van der Waals surface area (Å²) in [6.07, 6.45) is 14.6. The van der Waals surface area contributed by atoms with E-state index in [4.69, 9.17) is 0 Å². The molecule has 44 heavy (non-hydrogen) atoms. The largest absolute Gasteiger partial charge is 0.365 e. The first kappa shape index (κ1) is 43.0. The molecule has 0 spiro atoms. The quantitative estimate of drug-likeness (QED) is 0.268. The van der Waals surface area contributed by atoms with Gasteiger partial charge in [0.25, 0.3) is 0 Å². The summed E-state index contributed by atoms with van der Waals surface area (Å²) in [5.41, 5.74) is 9.53. The van der Waals surface area contributed by atoms with Gasteiger partial charge >= 0.3 is 0 Å². The highest BCUT2D eigenvalue weighted by Gasteiger charge is 2.17. The number of hydrogen-bond acceptors (Lipinski definition) is 1. The fourth-order valence-corrected chi connectivity index (χ4v) is 5.18. The van der Waals surface area contributed by atoms with Crippen LogP contribution in [0.1, 0.15) is 152 Å². The number of ketones is 1. The van der Waals surface area contributed by atoms with Crippen LogP contribution in [0, 0.1) is 20.8 Å². The lowest BCUT2D eigenvalue weighted by Gasteiger charge is -2.15. The number of hydrogen-bond donors (Lipinski definition) is 1. The third kappa shape index (κ3) is 19.9. The van der Waals surface area contributed by atoms with E-state index in [9.17, 15) is 4.79 Å². The number of aromatic amines is 1. The van der Waals surface area contributed by atoms with Crippen LogP contribution in [0.5, 0.6) is 0 Å². The average Bonchev–Trinajstić information content (AvgIpc) is 3.68. The van der Waals surface area contributed by atoms with Crippen molar-refractivity contribution in [3.05, 3.63) is 114 Å². The SMILES string of the molecule is C=C(C)c1cc[nH]c1C.C=CC.CC.CC(C)=O.CCCCC(CC)c1cccc(C)c1.Cc1ccccc1C1CCCC1. The highest BCUT2D eigenvalue weighted by atomic mass is 16.1. The number of aromatic nitrogens is 1. The fourth-order valence-electron chi connectivity index (χ4n) is 5.18. The van der Waals surface area contributed by atoms with Gasteiger partial charge in [-0.15, -0.1) is 6.58 Å². The van der Waals surface area contributed by atoms with Gasteiger partial charge in [-0.1, -0.05) is 120 Å². The first-order valence-electron chi connectivity index (χ1n) is 17.0. The second-order valence-electron chi connectivity index (χ2n) is 11.6. The molecule has 0 radical (unpaired) electrons. The van der Waals surface area contributed by atoms with Gasteiger partial charge in [-0.05, 0) is 120 Å². The minimum absolute atomic E-state index is 0.167. The third-order valence-corrected chi connectivity index (χ3v) is 7.31. The monoisotopic (exact) mass is 602 g/mol. The zero-order chi connectivity index (χ0) is 33.9. The average molecular weight is 602 g/mol. The Bertz CT molecular complexity index is 1140. The summed E-state index contributed by atoms with van der Waals surface area (Å²) in [5.74, 6) is 1.81. The Labute approximate surface area is 273 Å². The zero-order valence-corrected chi connectivity index (χ0v) is 30.5. The third-order valence-electron chi connectivity index (χ3n) is 7.31. The van der Waals surface area contributed by atoms with Crippen molar-refractivity contribution in [3.63, 3.8) is 0 Å². The molecular weight excluding hydrogens is 534 g/mol. The van der Waals surface area contributed by atoms with Crippen LogP contribution in [0.15, 0.2) is 80.0 Å². The van der Waals surface area contributed by atoms with Crippen LogP contribution >= 0.6 is 0 Å². The summed E-state index contributed by atoms with van der Waals surface area (Å²) < 4.78 is 0. The van der Waals surface area contributed by atoms with E-state index in [0.29, 0.717) is 0 Å². The zero-order valence-electron chi connectivity index (χ0n) is 30.5. The van der Waals surface area contributed by atoms with Crippen LogP contribution in [-0.2, 0) is 4.79 Å². The van der Waals surface area contributed by atoms with E-state index in [1.807, 2.05) is 46.9 Å². The van der Waals surface area contributed by atoms with E-state index in [1.165, 1.54) is 93.2 Å². The molecule has 3 aromatic rings. The molecule has 1 N–H and O–H groups in total. The van der Waals surface area contributed by atoms with Gasteiger partial charge < -0.3 is 9.78 Å². The van der Waals surface area contributed by atoms with Gasteiger partial charge in [-0.3, -0.25) is 0 Å². The molecule has 4 rings (SSSR count). The van der Waals surface area contributed by atoms with Crippen molar-refractivity contribution < 1.29 is 4.79 Å². The number of carbonyl (C=O) groups is 1. The smallest absolute Gasteiger partial charge is 0.126 e. The fraction of sp³-hybridized carbons (Fsp3) is 0.500. The van der Waals surface area contributed by atoms with Gasteiger partial charge in [0.1, 0.15) is 5.78 Å². The van der Waals surface area contributed by atoms with Gasteiger partial charge in [0, 0.05) is 11.9 Å². The number of allylic oxidation sites excluding steroid dienone is 2. The van der Waals surface area contributed by atoms with Gasteiger partial charge in [0.15, 0.2) is 0 Å². The number of aryl methyl sites for hydroxylation is 3. The lowest BCUT2D eigenvalue weighted by Crippen LogP contribution is -1.97. The highest BCUT2D eigenvalue weighted by Crippen LogP contribution is 2.35. The van der Waals surface area contributed by atoms with Crippen molar-refractivity contribution in [1.29, 1.82) is 0 Å². The van der Waals surface area contributed by atoms with Crippen LogP contribution < -0.4 is 0 Å². The molecule has 1 heterocycles. The number of benzene rings is 2. The number of nitrogens with one attached hydrogen (secondary N) is 1. The van der Waals surface area contributed by atoms with Crippen LogP contribution in [0.4, 0.5) is 0 Å². The predicted octanol–water partition coefficient (Wildman–Crippen LogP) is 13.5. The first-order valence-corrected chi connectivity index (χ1v) is 17.0. The Morgan fingerprint density at radius 1 is 0.955 bits per heavy atom. The topological polar surface area (TPSA) is 32.9 Å². The van der Waals surface area contributed by atoms with E-state index in [-0.39, 0.29) is 5.78 Å². The minimum atomic E-state index is 0.167. The Balaban J connectivity index is 0. The summed E-state index contributed by atoms with van der Waals surface area (Å²) in [6.45, 7) is 29.2. The molecule has 0 saturated heterocycles. The van der Waals surface area contributed by atoms with Crippen LogP contribution in [0.3, 0.4) is 0 Å². The van der Waals surface area contributed by atoms with E-state index >= 15 is 0 Å². The van der Waals surface area contributed by atoms with Crippen molar-refractivity contribution in [2.24, 2.45) is 0 Å². The molecule has 2 nitrogen and oxygen atoms in total. The Morgan fingerprint density at radius 2 is 1.52 bits per heavy atom. The van der Waals surface area contributed by atoms with Gasteiger partial charge in [0.05, 0.1) is 0 Å². The number of rotatable bonds is 7.